The van der Waals surface area contributed by atoms with Crippen LogP contribution in [0.3, 0.4) is 0 Å². The van der Waals surface area contributed by atoms with Crippen molar-refractivity contribution in [3.63, 3.8) is 0 Å². The van der Waals surface area contributed by atoms with Gasteiger partial charge in [0.05, 0.1) is 24.1 Å². The van der Waals surface area contributed by atoms with Crippen molar-refractivity contribution < 1.29 is 29.6 Å². The summed E-state index contributed by atoms with van der Waals surface area (Å²) in [6, 6.07) is 6.72. The molecule has 0 spiro atoms. The van der Waals surface area contributed by atoms with Gasteiger partial charge in [0, 0.05) is 30.2 Å². The van der Waals surface area contributed by atoms with Gasteiger partial charge in [-0.05, 0) is 42.2 Å². The summed E-state index contributed by atoms with van der Waals surface area (Å²) in [6.07, 6.45) is 5.22. The fraction of sp³-hybridized carbons (Fsp3) is 0.481. The smallest absolute Gasteiger partial charge is 0.240 e. The Morgan fingerprint density at radius 2 is 2.11 bits per heavy atom. The number of fused-ring (bicyclic) bond motifs is 2. The van der Waals surface area contributed by atoms with Crippen molar-refractivity contribution in [1.82, 2.24) is 15.6 Å². The highest BCUT2D eigenvalue weighted by atomic mass is 35.5. The lowest BCUT2D eigenvalue weighted by atomic mass is 9.89. The van der Waals surface area contributed by atoms with Gasteiger partial charge in [0.2, 0.25) is 5.91 Å². The van der Waals surface area contributed by atoms with E-state index in [1.807, 2.05) is 24.4 Å². The molecule has 4 heterocycles. The van der Waals surface area contributed by atoms with E-state index >= 15 is 0 Å². The van der Waals surface area contributed by atoms with Crippen molar-refractivity contribution in [2.24, 2.45) is 5.92 Å². The number of pyridine rings is 1. The first kappa shape index (κ1) is 27.2. The highest BCUT2D eigenvalue weighted by Gasteiger charge is 2.46. The maximum atomic E-state index is 13.5. The Labute approximate surface area is 230 Å². The summed E-state index contributed by atoms with van der Waals surface area (Å²) in [5, 5.41) is 38.7. The first-order valence-corrected chi connectivity index (χ1v) is 14.3. The van der Waals surface area contributed by atoms with E-state index in [9.17, 15) is 20.1 Å². The molecule has 1 fully saturated rings. The minimum atomic E-state index is -1.54. The molecule has 9 nitrogen and oxygen atoms in total. The summed E-state index contributed by atoms with van der Waals surface area (Å²) in [7, 11) is 0. The number of carbonyl (C=O) groups is 1. The number of allylic oxidation sites excluding steroid dienone is 1. The van der Waals surface area contributed by atoms with Gasteiger partial charge >= 0.3 is 0 Å². The average molecular weight is 562 g/mol. The predicted molar refractivity (Wildman–Crippen MR) is 147 cm³/mol. The molecule has 3 aliphatic heterocycles. The number of amides is 1. The van der Waals surface area contributed by atoms with Gasteiger partial charge in [-0.1, -0.05) is 24.3 Å². The second-order valence-electron chi connectivity index (χ2n) is 9.88. The van der Waals surface area contributed by atoms with Crippen LogP contribution in [0.5, 0.6) is 0 Å². The molecular weight excluding hydrogens is 530 g/mol. The van der Waals surface area contributed by atoms with Crippen LogP contribution in [0, 0.1) is 5.92 Å². The number of thioether (sulfide) groups is 1. The van der Waals surface area contributed by atoms with Crippen molar-refractivity contribution in [2.45, 2.75) is 54.6 Å². The molecule has 5 N–H and O–H groups in total. The quantitative estimate of drug-likeness (QED) is 0.338. The van der Waals surface area contributed by atoms with E-state index in [2.05, 4.69) is 27.8 Å². The van der Waals surface area contributed by atoms with Gasteiger partial charge in [0.1, 0.15) is 18.2 Å². The first-order valence-electron chi connectivity index (χ1n) is 12.6. The molecule has 204 valence electrons. The van der Waals surface area contributed by atoms with Crippen molar-refractivity contribution in [1.29, 1.82) is 0 Å². The van der Waals surface area contributed by atoms with Crippen LogP contribution in [0.25, 0.3) is 16.3 Å². The number of benzene rings is 1. The number of alkyl halides is 1. The van der Waals surface area contributed by atoms with Gasteiger partial charge in [-0.25, -0.2) is 0 Å². The Bertz CT molecular complexity index is 1250. The Kier molecular flexibility index (Phi) is 8.18. The van der Waals surface area contributed by atoms with Crippen molar-refractivity contribution in [3.05, 3.63) is 59.8 Å². The lowest BCUT2D eigenvalue weighted by Crippen LogP contribution is -2.60. The molecule has 2 aromatic rings. The Hall–Kier alpha value is -2.34. The molecule has 0 aliphatic carbocycles. The van der Waals surface area contributed by atoms with Gasteiger partial charge in [-0.15, -0.1) is 23.4 Å². The zero-order chi connectivity index (χ0) is 27.0. The zero-order valence-corrected chi connectivity index (χ0v) is 22.7. The molecule has 5 rings (SSSR count). The second-order valence-corrected chi connectivity index (χ2v) is 11.5. The summed E-state index contributed by atoms with van der Waals surface area (Å²) < 4.78 is 12.0. The SMILES string of the molecule is CSC1OC(C(NC(=O)C2NCC3CC(c4cccc5cnccc45)=CCOC32)C(C)Cl)C(O)C(O)=C1O. The molecular formula is C27H32ClN3O6S. The summed E-state index contributed by atoms with van der Waals surface area (Å²) in [6.45, 7) is 2.65. The summed E-state index contributed by atoms with van der Waals surface area (Å²) in [4.78, 5) is 17.7. The van der Waals surface area contributed by atoms with Gasteiger partial charge in [-0.3, -0.25) is 9.78 Å². The number of nitrogens with zero attached hydrogens (tertiary/aromatic N) is 1. The number of aliphatic hydroxyl groups is 3. The highest BCUT2D eigenvalue weighted by Crippen LogP contribution is 2.36. The maximum absolute atomic E-state index is 13.5. The van der Waals surface area contributed by atoms with Gasteiger partial charge in [-0.2, -0.15) is 0 Å². The third kappa shape index (κ3) is 5.13. The maximum Gasteiger partial charge on any atom is 0.240 e. The van der Waals surface area contributed by atoms with E-state index in [0.717, 1.165) is 34.5 Å². The number of ether oxygens (including phenoxy) is 2. The number of rotatable bonds is 6. The fourth-order valence-corrected chi connectivity index (χ4v) is 6.35. The number of hydrogen-bond donors (Lipinski definition) is 5. The topological polar surface area (TPSA) is 133 Å². The van der Waals surface area contributed by atoms with Gasteiger partial charge < -0.3 is 35.4 Å². The molecule has 1 saturated heterocycles. The lowest BCUT2D eigenvalue weighted by Gasteiger charge is -2.38. The number of aromatic nitrogens is 1. The standard InChI is InChI=1S/C27H32ClN3O6S/c1-13(28)19(25-22(33)21(32)23(34)27(37-25)38-2)31-26(35)20-24-16(12-30-20)10-14(7-9-36-24)17-5-3-4-15-11-29-8-6-18(15)17/h3-8,11,13,16,19-20,22,24-25,27,30,32-34H,9-10,12H2,1-2H3,(H,31,35). The third-order valence-electron chi connectivity index (χ3n) is 7.53. The van der Waals surface area contributed by atoms with Crippen molar-refractivity contribution >= 4 is 45.6 Å². The highest BCUT2D eigenvalue weighted by molar-refractivity contribution is 7.99. The number of nitrogens with one attached hydrogen (secondary N) is 2. The number of carbonyl (C=O) groups excluding carboxylic acids is 1. The van der Waals surface area contributed by atoms with Crippen LogP contribution in [0.15, 0.2) is 54.3 Å². The van der Waals surface area contributed by atoms with Crippen LogP contribution in [-0.4, -0.2) is 86.8 Å². The predicted octanol–water partition coefficient (Wildman–Crippen LogP) is 2.88. The molecule has 3 aliphatic rings. The van der Waals surface area contributed by atoms with Crippen LogP contribution < -0.4 is 10.6 Å². The molecule has 0 bridgehead atoms. The molecule has 8 unspecified atom stereocenters. The van der Waals surface area contributed by atoms with Crippen LogP contribution in [-0.2, 0) is 14.3 Å². The average Bonchev–Trinajstić information content (AvgIpc) is 3.20. The molecule has 38 heavy (non-hydrogen) atoms. The molecule has 1 aromatic heterocycles. The van der Waals surface area contributed by atoms with Crippen molar-refractivity contribution in [3.8, 4) is 0 Å². The Morgan fingerprint density at radius 1 is 1.29 bits per heavy atom. The number of hydrogen-bond acceptors (Lipinski definition) is 9. The van der Waals surface area contributed by atoms with E-state index < -0.39 is 46.6 Å². The minimum Gasteiger partial charge on any atom is -0.506 e. The number of halogens is 1. The van der Waals surface area contributed by atoms with Crippen LogP contribution in [0.4, 0.5) is 0 Å². The normalized spacial score (nSPS) is 31.3. The molecule has 0 radical (unpaired) electrons. The molecule has 1 aromatic carbocycles. The lowest BCUT2D eigenvalue weighted by molar-refractivity contribution is -0.131. The van der Waals surface area contributed by atoms with E-state index in [4.69, 9.17) is 21.1 Å². The molecule has 8 atom stereocenters. The summed E-state index contributed by atoms with van der Waals surface area (Å²) in [5.74, 6) is -1.27. The second kappa shape index (κ2) is 11.4. The largest absolute Gasteiger partial charge is 0.506 e. The van der Waals surface area contributed by atoms with E-state index in [-0.39, 0.29) is 17.9 Å². The van der Waals surface area contributed by atoms with Gasteiger partial charge in [0.25, 0.3) is 0 Å². The van der Waals surface area contributed by atoms with E-state index in [1.165, 1.54) is 5.57 Å². The summed E-state index contributed by atoms with van der Waals surface area (Å²) >= 11 is 7.58. The monoisotopic (exact) mass is 561 g/mol. The third-order valence-corrected chi connectivity index (χ3v) is 8.57. The Morgan fingerprint density at radius 3 is 2.87 bits per heavy atom. The minimum absolute atomic E-state index is 0.0739. The first-order chi connectivity index (χ1) is 18.3. The molecule has 0 saturated carbocycles. The summed E-state index contributed by atoms with van der Waals surface area (Å²) in [5.41, 5.74) is 1.43. The zero-order valence-electron chi connectivity index (χ0n) is 21.1. The molecule has 1 amide bonds. The van der Waals surface area contributed by atoms with Gasteiger partial charge in [0.15, 0.2) is 17.0 Å². The Balaban J connectivity index is 1.31. The fourth-order valence-electron chi connectivity index (χ4n) is 5.56. The van der Waals surface area contributed by atoms with Crippen LogP contribution in [0.2, 0.25) is 0 Å². The van der Waals surface area contributed by atoms with E-state index in [0.29, 0.717) is 13.2 Å². The van der Waals surface area contributed by atoms with Crippen LogP contribution in [0.1, 0.15) is 18.9 Å². The molecule has 11 heteroatoms. The van der Waals surface area contributed by atoms with E-state index in [1.54, 1.807) is 19.4 Å². The number of aliphatic hydroxyl groups excluding tert-OH is 3. The van der Waals surface area contributed by atoms with Crippen LogP contribution >= 0.6 is 23.4 Å². The van der Waals surface area contributed by atoms with Crippen molar-refractivity contribution in [2.75, 3.05) is 19.4 Å².